The Balaban J connectivity index is 1.70. The van der Waals surface area contributed by atoms with Crippen LogP contribution in [0.15, 0.2) is 41.2 Å². The van der Waals surface area contributed by atoms with Crippen LogP contribution in [0.1, 0.15) is 16.7 Å². The molecule has 3 heterocycles. The Kier molecular flexibility index (Phi) is 3.76. The number of nitrogens with zero attached hydrogens (tertiary/aromatic N) is 4. The van der Waals surface area contributed by atoms with Gasteiger partial charge in [0.25, 0.3) is 5.71 Å². The molecule has 129 valence electrons. The first-order chi connectivity index (χ1) is 12.5. The zero-order valence-corrected chi connectivity index (χ0v) is 14.5. The second-order valence-corrected chi connectivity index (χ2v) is 6.10. The molecule has 1 aromatic carbocycles. The van der Waals surface area contributed by atoms with Crippen molar-refractivity contribution in [1.82, 2.24) is 19.9 Å². The van der Waals surface area contributed by atoms with E-state index in [1.807, 2.05) is 13.0 Å². The van der Waals surface area contributed by atoms with E-state index < -0.39 is 0 Å². The SMILES string of the molecule is Cc1cncc(Oc2ncc3nc(-c4cc(C)c([O])c(C)c4)oc3n2)c1. The molecule has 0 spiro atoms. The molecule has 0 N–H and O–H groups in total. The first-order valence-corrected chi connectivity index (χ1v) is 8.01. The zero-order chi connectivity index (χ0) is 18.3. The highest BCUT2D eigenvalue weighted by atomic mass is 16.5. The summed E-state index contributed by atoms with van der Waals surface area (Å²) in [6.45, 7) is 5.45. The fraction of sp³-hybridized carbons (Fsp3) is 0.158. The van der Waals surface area contributed by atoms with Gasteiger partial charge in [0, 0.05) is 11.8 Å². The molecule has 0 unspecified atom stereocenters. The quantitative estimate of drug-likeness (QED) is 0.540. The van der Waals surface area contributed by atoms with Crippen LogP contribution in [0.2, 0.25) is 0 Å². The average molecular weight is 347 g/mol. The molecule has 0 aliphatic rings. The predicted octanol–water partition coefficient (Wildman–Crippen LogP) is 4.54. The molecule has 1 radical (unpaired) electrons. The maximum absolute atomic E-state index is 11.9. The van der Waals surface area contributed by atoms with Crippen LogP contribution in [0.3, 0.4) is 0 Å². The highest BCUT2D eigenvalue weighted by Crippen LogP contribution is 2.31. The van der Waals surface area contributed by atoms with Crippen LogP contribution in [-0.4, -0.2) is 19.9 Å². The highest BCUT2D eigenvalue weighted by molar-refractivity contribution is 5.72. The largest absolute Gasteiger partial charge is 0.423 e. The molecule has 0 fully saturated rings. The van der Waals surface area contributed by atoms with Crippen LogP contribution in [0, 0.1) is 20.8 Å². The van der Waals surface area contributed by atoms with E-state index in [4.69, 9.17) is 9.15 Å². The van der Waals surface area contributed by atoms with Crippen molar-refractivity contribution in [3.8, 4) is 29.0 Å². The Morgan fingerprint density at radius 1 is 0.962 bits per heavy atom. The van der Waals surface area contributed by atoms with Gasteiger partial charge in [-0.1, -0.05) is 0 Å². The van der Waals surface area contributed by atoms with Crippen molar-refractivity contribution in [3.63, 3.8) is 0 Å². The summed E-state index contributed by atoms with van der Waals surface area (Å²) >= 11 is 0. The predicted molar refractivity (Wildman–Crippen MR) is 93.7 cm³/mol. The summed E-state index contributed by atoms with van der Waals surface area (Å²) in [6.07, 6.45) is 4.86. The minimum Gasteiger partial charge on any atom is -0.423 e. The summed E-state index contributed by atoms with van der Waals surface area (Å²) in [5.74, 6) is 0.948. The average Bonchev–Trinajstić information content (AvgIpc) is 3.02. The normalized spacial score (nSPS) is 11.0. The van der Waals surface area contributed by atoms with Crippen molar-refractivity contribution in [2.24, 2.45) is 0 Å². The summed E-state index contributed by atoms with van der Waals surface area (Å²) in [6, 6.07) is 5.49. The Hall–Kier alpha value is -3.48. The first kappa shape index (κ1) is 16.0. The second-order valence-electron chi connectivity index (χ2n) is 6.10. The van der Waals surface area contributed by atoms with Gasteiger partial charge in [0.05, 0.1) is 12.4 Å². The lowest BCUT2D eigenvalue weighted by Gasteiger charge is -2.03. The number of rotatable bonds is 3. The molecule has 26 heavy (non-hydrogen) atoms. The molecular weight excluding hydrogens is 332 g/mol. The number of pyridine rings is 1. The van der Waals surface area contributed by atoms with Crippen LogP contribution in [0.4, 0.5) is 0 Å². The van der Waals surface area contributed by atoms with Crippen molar-refractivity contribution in [2.45, 2.75) is 20.8 Å². The Labute approximate surface area is 149 Å². The van der Waals surface area contributed by atoms with Crippen LogP contribution < -0.4 is 4.74 Å². The molecule has 3 aromatic heterocycles. The van der Waals surface area contributed by atoms with E-state index in [-0.39, 0.29) is 11.8 Å². The van der Waals surface area contributed by atoms with Crippen LogP contribution in [0.25, 0.3) is 22.7 Å². The van der Waals surface area contributed by atoms with E-state index in [1.165, 1.54) is 6.20 Å². The Morgan fingerprint density at radius 2 is 1.73 bits per heavy atom. The molecule has 0 atom stereocenters. The molecule has 4 aromatic rings. The van der Waals surface area contributed by atoms with Crippen molar-refractivity contribution in [2.75, 3.05) is 0 Å². The van der Waals surface area contributed by atoms with Gasteiger partial charge >= 0.3 is 6.01 Å². The first-order valence-electron chi connectivity index (χ1n) is 8.01. The Bertz CT molecular complexity index is 1100. The monoisotopic (exact) mass is 347 g/mol. The van der Waals surface area contributed by atoms with Crippen LogP contribution >= 0.6 is 0 Å². The molecule has 0 aliphatic heterocycles. The third kappa shape index (κ3) is 2.95. The third-order valence-electron chi connectivity index (χ3n) is 3.90. The van der Waals surface area contributed by atoms with Gasteiger partial charge in [-0.3, -0.25) is 10.1 Å². The lowest BCUT2D eigenvalue weighted by molar-refractivity contribution is 0.348. The van der Waals surface area contributed by atoms with E-state index >= 15 is 0 Å². The number of hydrogen-bond donors (Lipinski definition) is 0. The number of aromatic nitrogens is 4. The highest BCUT2D eigenvalue weighted by Gasteiger charge is 2.14. The number of aryl methyl sites for hydroxylation is 3. The van der Waals surface area contributed by atoms with Crippen molar-refractivity contribution >= 4 is 11.2 Å². The number of hydrogen-bond acceptors (Lipinski definition) is 6. The van der Waals surface area contributed by atoms with E-state index in [9.17, 15) is 5.11 Å². The maximum Gasteiger partial charge on any atom is 0.325 e. The zero-order valence-electron chi connectivity index (χ0n) is 14.5. The fourth-order valence-corrected chi connectivity index (χ4v) is 2.66. The van der Waals surface area contributed by atoms with Gasteiger partial charge in [-0.15, -0.1) is 0 Å². The van der Waals surface area contributed by atoms with E-state index in [0.29, 0.717) is 34.0 Å². The maximum atomic E-state index is 11.9. The smallest absolute Gasteiger partial charge is 0.325 e. The molecule has 0 amide bonds. The lowest BCUT2D eigenvalue weighted by atomic mass is 10.1. The fourth-order valence-electron chi connectivity index (χ4n) is 2.66. The molecule has 4 rings (SSSR count). The summed E-state index contributed by atoms with van der Waals surface area (Å²) in [4.78, 5) is 16.9. The molecule has 7 heteroatoms. The van der Waals surface area contributed by atoms with Crippen LogP contribution in [0.5, 0.6) is 17.5 Å². The lowest BCUT2D eigenvalue weighted by Crippen LogP contribution is -1.92. The van der Waals surface area contributed by atoms with Gasteiger partial charge in [-0.2, -0.15) is 4.98 Å². The minimum absolute atomic E-state index is 0.0205. The number of ether oxygens (including phenoxy) is 1. The van der Waals surface area contributed by atoms with Crippen molar-refractivity contribution in [1.29, 1.82) is 0 Å². The van der Waals surface area contributed by atoms with Gasteiger partial charge in [-0.25, -0.2) is 9.97 Å². The number of oxazole rings is 1. The van der Waals surface area contributed by atoms with Crippen molar-refractivity contribution < 1.29 is 14.3 Å². The topological polar surface area (TPSA) is 93.8 Å². The second kappa shape index (κ2) is 6.11. The van der Waals surface area contributed by atoms with E-state index in [1.54, 1.807) is 38.4 Å². The number of fused-ring (bicyclic) bond motifs is 1. The van der Waals surface area contributed by atoms with Gasteiger partial charge < -0.3 is 9.15 Å². The van der Waals surface area contributed by atoms with E-state index in [2.05, 4.69) is 19.9 Å². The number of benzene rings is 1. The van der Waals surface area contributed by atoms with Gasteiger partial charge in [-0.05, 0) is 55.7 Å². The van der Waals surface area contributed by atoms with Gasteiger partial charge in [0.15, 0.2) is 5.75 Å². The van der Waals surface area contributed by atoms with Gasteiger partial charge in [0.1, 0.15) is 11.3 Å². The summed E-state index contributed by atoms with van der Waals surface area (Å²) < 4.78 is 11.4. The van der Waals surface area contributed by atoms with Crippen molar-refractivity contribution in [3.05, 3.63) is 53.5 Å². The molecular formula is C19H15N4O3. The molecule has 0 bridgehead atoms. The summed E-state index contributed by atoms with van der Waals surface area (Å²) in [5.41, 5.74) is 3.80. The minimum atomic E-state index is 0.0205. The molecule has 0 saturated carbocycles. The third-order valence-corrected chi connectivity index (χ3v) is 3.90. The van der Waals surface area contributed by atoms with Gasteiger partial charge in [0.2, 0.25) is 5.89 Å². The molecule has 7 nitrogen and oxygen atoms in total. The summed E-state index contributed by atoms with van der Waals surface area (Å²) in [7, 11) is 0. The summed E-state index contributed by atoms with van der Waals surface area (Å²) in [5, 5.41) is 11.9. The standard InChI is InChI=1S/C19H15N4O3/c1-10-4-14(8-20-7-10)25-19-21-9-15-18(23-19)26-17(22-15)13-5-11(2)16(24)12(3)6-13/h4-9H,1-3H3. The van der Waals surface area contributed by atoms with Crippen LogP contribution in [-0.2, 0) is 5.11 Å². The Morgan fingerprint density at radius 3 is 2.46 bits per heavy atom. The molecule has 0 saturated heterocycles. The molecule has 0 aliphatic carbocycles. The van der Waals surface area contributed by atoms with E-state index in [0.717, 1.165) is 11.1 Å².